The van der Waals surface area contributed by atoms with E-state index in [4.69, 9.17) is 0 Å². The molecule has 112 valence electrons. The first kappa shape index (κ1) is 15.4. The molecule has 1 aliphatic rings. The lowest BCUT2D eigenvalue weighted by Crippen LogP contribution is -2.46. The largest absolute Gasteiger partial charge is 0.385 e. The summed E-state index contributed by atoms with van der Waals surface area (Å²) in [5.41, 5.74) is 0. The molecular formula is C14H18F2O3S. The van der Waals surface area contributed by atoms with Crippen molar-refractivity contribution in [2.24, 2.45) is 5.92 Å². The highest BCUT2D eigenvalue weighted by Crippen LogP contribution is 2.39. The zero-order valence-corrected chi connectivity index (χ0v) is 11.8. The van der Waals surface area contributed by atoms with Crippen LogP contribution in [0.15, 0.2) is 35.2 Å². The van der Waals surface area contributed by atoms with Crippen LogP contribution in [0, 0.1) is 5.92 Å². The van der Waals surface area contributed by atoms with Crippen molar-refractivity contribution in [3.63, 3.8) is 0 Å². The fourth-order valence-corrected chi connectivity index (χ4v) is 3.98. The molecule has 0 radical (unpaired) electrons. The number of benzene rings is 1. The molecule has 20 heavy (non-hydrogen) atoms. The number of rotatable bonds is 4. The molecule has 0 amide bonds. The molecule has 1 aromatic carbocycles. The molecular weight excluding hydrogens is 286 g/mol. The Labute approximate surface area is 117 Å². The molecule has 0 spiro atoms. The third kappa shape index (κ3) is 2.72. The van der Waals surface area contributed by atoms with Gasteiger partial charge < -0.3 is 5.11 Å². The summed E-state index contributed by atoms with van der Waals surface area (Å²) in [4.78, 5) is -0.458. The van der Waals surface area contributed by atoms with Crippen LogP contribution in [0.2, 0.25) is 0 Å². The summed E-state index contributed by atoms with van der Waals surface area (Å²) in [7, 11) is -4.87. The molecule has 0 aliphatic heterocycles. The number of aliphatic hydroxyl groups is 1. The zero-order chi connectivity index (χ0) is 14.8. The van der Waals surface area contributed by atoms with E-state index in [9.17, 15) is 22.3 Å². The fraction of sp³-hybridized carbons (Fsp3) is 0.571. The number of hydrogen-bond donors (Lipinski definition) is 1. The number of halogens is 2. The Morgan fingerprint density at radius 2 is 1.65 bits per heavy atom. The normalized spacial score (nSPS) is 19.8. The van der Waals surface area contributed by atoms with Gasteiger partial charge >= 0.3 is 5.25 Å². The minimum atomic E-state index is -4.87. The second-order valence-electron chi connectivity index (χ2n) is 5.22. The number of alkyl halides is 2. The minimum Gasteiger partial charge on any atom is -0.385 e. The van der Waals surface area contributed by atoms with Crippen LogP contribution in [0.4, 0.5) is 8.78 Å². The molecule has 0 bridgehead atoms. The van der Waals surface area contributed by atoms with Crippen molar-refractivity contribution in [2.75, 3.05) is 0 Å². The maximum atomic E-state index is 14.2. The lowest BCUT2D eigenvalue weighted by molar-refractivity contribution is -0.0782. The minimum absolute atomic E-state index is 0.446. The summed E-state index contributed by atoms with van der Waals surface area (Å²) in [5, 5.41) is 5.71. The van der Waals surface area contributed by atoms with Gasteiger partial charge in [-0.25, -0.2) is 8.42 Å². The lowest BCUT2D eigenvalue weighted by Gasteiger charge is -2.31. The lowest BCUT2D eigenvalue weighted by atomic mass is 9.85. The maximum absolute atomic E-state index is 14.2. The number of hydrogen-bond acceptors (Lipinski definition) is 3. The van der Waals surface area contributed by atoms with E-state index in [1.54, 1.807) is 6.07 Å². The summed E-state index contributed by atoms with van der Waals surface area (Å²) in [6.07, 6.45) is 1.20. The van der Waals surface area contributed by atoms with Gasteiger partial charge in [0, 0.05) is 0 Å². The number of sulfone groups is 1. The molecule has 1 aromatic rings. The maximum Gasteiger partial charge on any atom is 0.375 e. The van der Waals surface area contributed by atoms with E-state index in [0.29, 0.717) is 12.8 Å². The summed E-state index contributed by atoms with van der Waals surface area (Å²) < 4.78 is 52.5. The Balaban J connectivity index is 2.28. The van der Waals surface area contributed by atoms with Crippen LogP contribution in [-0.2, 0) is 9.84 Å². The van der Waals surface area contributed by atoms with Crippen molar-refractivity contribution in [3.8, 4) is 0 Å². The van der Waals surface area contributed by atoms with E-state index in [-0.39, 0.29) is 0 Å². The highest BCUT2D eigenvalue weighted by Gasteiger charge is 2.54. The standard InChI is InChI=1S/C14H18F2O3S/c15-14(16,13(17)11-7-3-1-4-8-11)20(18,19)12-9-5-2-6-10-12/h2,5-6,9-11,13,17H,1,3-4,7-8H2. The third-order valence-electron chi connectivity index (χ3n) is 3.85. The predicted octanol–water partition coefficient (Wildman–Crippen LogP) is 2.99. The van der Waals surface area contributed by atoms with Crippen LogP contribution >= 0.6 is 0 Å². The van der Waals surface area contributed by atoms with Crippen LogP contribution in [0.1, 0.15) is 32.1 Å². The molecule has 6 heteroatoms. The summed E-state index contributed by atoms with van der Waals surface area (Å²) >= 11 is 0. The Morgan fingerprint density at radius 1 is 1.10 bits per heavy atom. The van der Waals surface area contributed by atoms with E-state index < -0.39 is 32.0 Å². The van der Waals surface area contributed by atoms with E-state index in [0.717, 1.165) is 31.4 Å². The molecule has 1 atom stereocenters. The number of aliphatic hydroxyl groups excluding tert-OH is 1. The molecule has 1 aliphatic carbocycles. The van der Waals surface area contributed by atoms with Gasteiger partial charge in [-0.15, -0.1) is 0 Å². The summed E-state index contributed by atoms with van der Waals surface area (Å²) in [6.45, 7) is 0. The van der Waals surface area contributed by atoms with Gasteiger partial charge in [-0.3, -0.25) is 0 Å². The van der Waals surface area contributed by atoms with Gasteiger partial charge in [0.05, 0.1) is 4.90 Å². The first-order chi connectivity index (χ1) is 9.37. The van der Waals surface area contributed by atoms with Crippen LogP contribution in [-0.4, -0.2) is 24.9 Å². The van der Waals surface area contributed by atoms with Crippen molar-refractivity contribution in [3.05, 3.63) is 30.3 Å². The molecule has 1 fully saturated rings. The smallest absolute Gasteiger partial charge is 0.375 e. The Bertz CT molecular complexity index is 537. The van der Waals surface area contributed by atoms with Gasteiger partial charge in [-0.05, 0) is 30.9 Å². The van der Waals surface area contributed by atoms with Gasteiger partial charge in [0.15, 0.2) is 0 Å². The second-order valence-corrected chi connectivity index (χ2v) is 7.24. The highest BCUT2D eigenvalue weighted by molar-refractivity contribution is 7.92. The molecule has 1 unspecified atom stereocenters. The molecule has 1 N–H and O–H groups in total. The van der Waals surface area contributed by atoms with Gasteiger partial charge in [0.25, 0.3) is 0 Å². The van der Waals surface area contributed by atoms with Crippen molar-refractivity contribution >= 4 is 9.84 Å². The van der Waals surface area contributed by atoms with E-state index in [1.807, 2.05) is 0 Å². The molecule has 2 rings (SSSR count). The Morgan fingerprint density at radius 3 is 2.20 bits per heavy atom. The first-order valence-electron chi connectivity index (χ1n) is 6.73. The second kappa shape index (κ2) is 5.77. The average molecular weight is 304 g/mol. The van der Waals surface area contributed by atoms with Crippen molar-refractivity contribution in [1.29, 1.82) is 0 Å². The van der Waals surface area contributed by atoms with Gasteiger partial charge in [0.2, 0.25) is 9.84 Å². The van der Waals surface area contributed by atoms with Crippen molar-refractivity contribution in [1.82, 2.24) is 0 Å². The highest BCUT2D eigenvalue weighted by atomic mass is 32.2. The first-order valence-corrected chi connectivity index (χ1v) is 8.21. The van der Waals surface area contributed by atoms with Crippen molar-refractivity contribution in [2.45, 2.75) is 48.4 Å². The van der Waals surface area contributed by atoms with Gasteiger partial charge in [-0.1, -0.05) is 37.5 Å². The van der Waals surface area contributed by atoms with Crippen LogP contribution in [0.3, 0.4) is 0 Å². The van der Waals surface area contributed by atoms with E-state index in [1.165, 1.54) is 12.1 Å². The van der Waals surface area contributed by atoms with E-state index in [2.05, 4.69) is 0 Å². The van der Waals surface area contributed by atoms with Crippen LogP contribution in [0.25, 0.3) is 0 Å². The van der Waals surface area contributed by atoms with Crippen molar-refractivity contribution < 1.29 is 22.3 Å². The topological polar surface area (TPSA) is 54.4 Å². The quantitative estimate of drug-likeness (QED) is 0.930. The predicted molar refractivity (Wildman–Crippen MR) is 71.2 cm³/mol. The monoisotopic (exact) mass is 304 g/mol. The Hall–Kier alpha value is -1.01. The fourth-order valence-electron chi connectivity index (χ4n) is 2.64. The Kier molecular flexibility index (Phi) is 4.44. The van der Waals surface area contributed by atoms with Crippen LogP contribution < -0.4 is 0 Å². The summed E-state index contributed by atoms with van der Waals surface area (Å²) in [5.74, 6) is -0.655. The molecule has 1 saturated carbocycles. The SMILES string of the molecule is O=S(=O)(c1ccccc1)C(F)(F)C(O)C1CCCCC1. The van der Waals surface area contributed by atoms with Gasteiger partial charge in [0.1, 0.15) is 6.10 Å². The average Bonchev–Trinajstić information content (AvgIpc) is 2.48. The summed E-state index contributed by atoms with van der Waals surface area (Å²) in [6, 6.07) is 6.56. The molecule has 3 nitrogen and oxygen atoms in total. The van der Waals surface area contributed by atoms with Crippen LogP contribution in [0.5, 0.6) is 0 Å². The molecule has 0 aromatic heterocycles. The molecule has 0 saturated heterocycles. The van der Waals surface area contributed by atoms with Gasteiger partial charge in [-0.2, -0.15) is 8.78 Å². The van der Waals surface area contributed by atoms with E-state index >= 15 is 0 Å². The molecule has 0 heterocycles. The third-order valence-corrected chi connectivity index (χ3v) is 5.70. The zero-order valence-electron chi connectivity index (χ0n) is 11.0.